The minimum absolute atomic E-state index is 0.418. The monoisotopic (exact) mass is 270 g/mol. The fraction of sp³-hybridized carbons (Fsp3) is 0.0667. The summed E-state index contributed by atoms with van der Waals surface area (Å²) in [6, 6.07) is 15.4. The van der Waals surface area contributed by atoms with E-state index in [0.717, 1.165) is 22.9 Å². The number of carbonyl (C=O) groups is 1. The highest BCUT2D eigenvalue weighted by atomic mass is 35.5. The van der Waals surface area contributed by atoms with Gasteiger partial charge in [-0.15, -0.1) is 0 Å². The Kier molecular flexibility index (Phi) is 3.05. The Labute approximate surface area is 115 Å². The van der Waals surface area contributed by atoms with Gasteiger partial charge in [0.2, 0.25) is 0 Å². The fourth-order valence-corrected chi connectivity index (χ4v) is 2.30. The lowest BCUT2D eigenvalue weighted by Crippen LogP contribution is -2.04. The maximum absolute atomic E-state index is 11.2. The molecule has 0 saturated heterocycles. The van der Waals surface area contributed by atoms with Crippen molar-refractivity contribution in [3.63, 3.8) is 0 Å². The molecule has 3 rings (SSSR count). The molecule has 2 aromatic carbocycles. The van der Waals surface area contributed by atoms with Crippen molar-refractivity contribution >= 4 is 28.9 Å². The van der Waals surface area contributed by atoms with Crippen molar-refractivity contribution in [2.45, 2.75) is 6.54 Å². The van der Waals surface area contributed by atoms with Crippen molar-refractivity contribution in [2.24, 2.45) is 0 Å². The van der Waals surface area contributed by atoms with E-state index in [4.69, 9.17) is 11.6 Å². The highest BCUT2D eigenvalue weighted by Gasteiger charge is 2.10. The fourth-order valence-electron chi connectivity index (χ4n) is 2.14. The zero-order valence-corrected chi connectivity index (χ0v) is 10.8. The van der Waals surface area contributed by atoms with Crippen molar-refractivity contribution in [3.05, 3.63) is 64.9 Å². The van der Waals surface area contributed by atoms with Gasteiger partial charge in [-0.25, -0.2) is 4.98 Å². The maximum Gasteiger partial charge on any atom is 0.185 e. The summed E-state index contributed by atoms with van der Waals surface area (Å²) in [6.45, 7) is 0.603. The van der Waals surface area contributed by atoms with Gasteiger partial charge in [0.25, 0.3) is 0 Å². The first-order valence-corrected chi connectivity index (χ1v) is 6.30. The summed E-state index contributed by atoms with van der Waals surface area (Å²) in [4.78, 5) is 15.5. The number of rotatable bonds is 3. The third-order valence-corrected chi connectivity index (χ3v) is 3.26. The molecular formula is C15H11ClN2O. The Hall–Kier alpha value is -2.13. The van der Waals surface area contributed by atoms with Crippen LogP contribution in [0.15, 0.2) is 48.5 Å². The SMILES string of the molecule is O=Cc1nc2ccc(Cl)cc2n1Cc1ccccc1. The summed E-state index contributed by atoms with van der Waals surface area (Å²) >= 11 is 6.02. The van der Waals surface area contributed by atoms with E-state index in [2.05, 4.69) is 4.98 Å². The number of nitrogens with zero attached hydrogens (tertiary/aromatic N) is 2. The van der Waals surface area contributed by atoms with Crippen molar-refractivity contribution in [2.75, 3.05) is 0 Å². The van der Waals surface area contributed by atoms with Crippen LogP contribution in [0.4, 0.5) is 0 Å². The molecule has 0 atom stereocenters. The Morgan fingerprint density at radius 1 is 1.16 bits per heavy atom. The molecule has 1 aromatic heterocycles. The number of fused-ring (bicyclic) bond motifs is 1. The molecule has 0 bridgehead atoms. The first-order valence-electron chi connectivity index (χ1n) is 5.93. The lowest BCUT2D eigenvalue weighted by atomic mass is 10.2. The third-order valence-electron chi connectivity index (χ3n) is 3.03. The number of carbonyl (C=O) groups excluding carboxylic acids is 1. The predicted molar refractivity (Wildman–Crippen MR) is 75.7 cm³/mol. The minimum Gasteiger partial charge on any atom is -0.317 e. The van der Waals surface area contributed by atoms with Crippen LogP contribution in [0.1, 0.15) is 16.2 Å². The van der Waals surface area contributed by atoms with Crippen LogP contribution in [0.5, 0.6) is 0 Å². The van der Waals surface area contributed by atoms with E-state index in [1.54, 1.807) is 6.07 Å². The van der Waals surface area contributed by atoms with E-state index >= 15 is 0 Å². The molecule has 0 N–H and O–H groups in total. The van der Waals surface area contributed by atoms with Crippen LogP contribution in [0.3, 0.4) is 0 Å². The summed E-state index contributed by atoms with van der Waals surface area (Å²) in [6.07, 6.45) is 0.775. The van der Waals surface area contributed by atoms with Crippen LogP contribution < -0.4 is 0 Å². The second-order valence-electron chi connectivity index (χ2n) is 4.29. The van der Waals surface area contributed by atoms with Crippen LogP contribution in [0.2, 0.25) is 5.02 Å². The van der Waals surface area contributed by atoms with Crippen molar-refractivity contribution < 1.29 is 4.79 Å². The highest BCUT2D eigenvalue weighted by molar-refractivity contribution is 6.31. The van der Waals surface area contributed by atoms with Gasteiger partial charge in [0.15, 0.2) is 12.1 Å². The zero-order chi connectivity index (χ0) is 13.2. The van der Waals surface area contributed by atoms with Gasteiger partial charge in [0.1, 0.15) is 0 Å². The van der Waals surface area contributed by atoms with Gasteiger partial charge in [-0.2, -0.15) is 0 Å². The summed E-state index contributed by atoms with van der Waals surface area (Å²) in [5.41, 5.74) is 2.77. The van der Waals surface area contributed by atoms with Crippen molar-refractivity contribution in [1.82, 2.24) is 9.55 Å². The largest absolute Gasteiger partial charge is 0.317 e. The van der Waals surface area contributed by atoms with E-state index in [9.17, 15) is 4.79 Å². The lowest BCUT2D eigenvalue weighted by molar-refractivity contribution is 0.111. The number of halogens is 1. The molecule has 0 fully saturated rings. The first-order chi connectivity index (χ1) is 9.28. The average molecular weight is 271 g/mol. The Morgan fingerprint density at radius 3 is 2.68 bits per heavy atom. The van der Waals surface area contributed by atoms with Crippen molar-refractivity contribution in [3.8, 4) is 0 Å². The van der Waals surface area contributed by atoms with Gasteiger partial charge >= 0.3 is 0 Å². The molecule has 19 heavy (non-hydrogen) atoms. The number of hydrogen-bond acceptors (Lipinski definition) is 2. The van der Waals surface area contributed by atoms with Gasteiger partial charge in [-0.3, -0.25) is 4.79 Å². The normalized spacial score (nSPS) is 10.8. The molecule has 0 aliphatic carbocycles. The summed E-state index contributed by atoms with van der Waals surface area (Å²) in [5.74, 6) is 0.418. The van der Waals surface area contributed by atoms with Crippen LogP contribution in [0, 0.1) is 0 Å². The summed E-state index contributed by atoms with van der Waals surface area (Å²) in [7, 11) is 0. The molecule has 1 heterocycles. The Morgan fingerprint density at radius 2 is 1.95 bits per heavy atom. The first kappa shape index (κ1) is 11.9. The Bertz CT molecular complexity index is 734. The van der Waals surface area contributed by atoms with Crippen LogP contribution >= 0.6 is 11.6 Å². The van der Waals surface area contributed by atoms with Gasteiger partial charge < -0.3 is 4.57 Å². The van der Waals surface area contributed by atoms with Gasteiger partial charge in [0.05, 0.1) is 11.0 Å². The average Bonchev–Trinajstić information content (AvgIpc) is 2.78. The molecule has 0 saturated carbocycles. The lowest BCUT2D eigenvalue weighted by Gasteiger charge is -2.06. The Balaban J connectivity index is 2.15. The van der Waals surface area contributed by atoms with Crippen LogP contribution in [0.25, 0.3) is 11.0 Å². The predicted octanol–water partition coefficient (Wildman–Crippen LogP) is 3.55. The van der Waals surface area contributed by atoms with Gasteiger partial charge in [-0.1, -0.05) is 41.9 Å². The topological polar surface area (TPSA) is 34.9 Å². The molecule has 3 nitrogen and oxygen atoms in total. The standard InChI is InChI=1S/C15H11ClN2O/c16-12-6-7-13-14(8-12)18(15(10-19)17-13)9-11-4-2-1-3-5-11/h1-8,10H,9H2. The van der Waals surface area contributed by atoms with Gasteiger partial charge in [0, 0.05) is 11.6 Å². The molecule has 0 unspecified atom stereocenters. The van der Waals surface area contributed by atoms with Gasteiger partial charge in [-0.05, 0) is 23.8 Å². The maximum atomic E-state index is 11.2. The van der Waals surface area contributed by atoms with E-state index in [0.29, 0.717) is 17.4 Å². The molecule has 0 aliphatic rings. The molecule has 94 valence electrons. The van der Waals surface area contributed by atoms with Crippen LogP contribution in [-0.2, 0) is 6.54 Å². The van der Waals surface area contributed by atoms with E-state index in [1.165, 1.54) is 0 Å². The highest BCUT2D eigenvalue weighted by Crippen LogP contribution is 2.21. The molecule has 0 radical (unpaired) electrons. The zero-order valence-electron chi connectivity index (χ0n) is 10.1. The summed E-state index contributed by atoms with van der Waals surface area (Å²) < 4.78 is 1.88. The quantitative estimate of drug-likeness (QED) is 0.682. The second kappa shape index (κ2) is 4.86. The molecule has 0 spiro atoms. The van der Waals surface area contributed by atoms with Crippen molar-refractivity contribution in [1.29, 1.82) is 0 Å². The second-order valence-corrected chi connectivity index (χ2v) is 4.73. The van der Waals surface area contributed by atoms with Crippen LogP contribution in [-0.4, -0.2) is 15.8 Å². The molecule has 4 heteroatoms. The molecular weight excluding hydrogens is 260 g/mol. The number of aldehydes is 1. The van der Waals surface area contributed by atoms with E-state index in [-0.39, 0.29) is 0 Å². The number of benzene rings is 2. The number of hydrogen-bond donors (Lipinski definition) is 0. The summed E-state index contributed by atoms with van der Waals surface area (Å²) in [5, 5.41) is 0.638. The molecule has 0 amide bonds. The third kappa shape index (κ3) is 2.25. The van der Waals surface area contributed by atoms with E-state index in [1.807, 2.05) is 47.0 Å². The number of aromatic nitrogens is 2. The van der Waals surface area contributed by atoms with E-state index < -0.39 is 0 Å². The smallest absolute Gasteiger partial charge is 0.185 e. The number of imidazole rings is 1. The molecule has 0 aliphatic heterocycles. The minimum atomic E-state index is 0.418. The molecule has 3 aromatic rings.